The summed E-state index contributed by atoms with van der Waals surface area (Å²) in [6, 6.07) is 19.3. The van der Waals surface area contributed by atoms with E-state index in [1.165, 1.54) is 18.2 Å². The molecule has 0 aromatic heterocycles. The van der Waals surface area contributed by atoms with E-state index in [0.717, 1.165) is 11.1 Å². The molecule has 0 fully saturated rings. The highest BCUT2D eigenvalue weighted by Crippen LogP contribution is 2.50. The second-order valence-electron chi connectivity index (χ2n) is 9.66. The number of carbonyl (C=O) groups excluding carboxylic acids is 1. The van der Waals surface area contributed by atoms with Crippen LogP contribution in [0.3, 0.4) is 0 Å². The second kappa shape index (κ2) is 7.65. The lowest BCUT2D eigenvalue weighted by atomic mass is 9.76. The van der Waals surface area contributed by atoms with Crippen LogP contribution >= 0.6 is 0 Å². The summed E-state index contributed by atoms with van der Waals surface area (Å²) in [5.74, 6) is -0.576. The second-order valence-corrected chi connectivity index (χ2v) is 9.66. The van der Waals surface area contributed by atoms with Gasteiger partial charge in [-0.3, -0.25) is 9.69 Å². The van der Waals surface area contributed by atoms with E-state index in [1.54, 1.807) is 11.8 Å². The molecule has 0 bridgehead atoms. The van der Waals surface area contributed by atoms with Crippen molar-refractivity contribution in [2.75, 3.05) is 4.90 Å². The van der Waals surface area contributed by atoms with Crippen LogP contribution in [0.4, 0.5) is 24.5 Å². The summed E-state index contributed by atoms with van der Waals surface area (Å²) in [5.41, 5.74) is 3.22. The molecule has 6 heteroatoms. The Morgan fingerprint density at radius 3 is 2.15 bits per heavy atom. The molecule has 0 spiro atoms. The first-order valence-corrected chi connectivity index (χ1v) is 10.7. The number of carbonyl (C=O) groups is 1. The Kier molecular flexibility index (Phi) is 5.31. The van der Waals surface area contributed by atoms with Gasteiger partial charge in [0.15, 0.2) is 0 Å². The number of nitrogens with zero attached hydrogens (tertiary/aromatic N) is 1. The number of halogens is 3. The number of aryl methyl sites for hydroxylation is 1. The zero-order chi connectivity index (χ0) is 24.2. The molecule has 33 heavy (non-hydrogen) atoms. The van der Waals surface area contributed by atoms with Gasteiger partial charge in [-0.05, 0) is 71.8 Å². The van der Waals surface area contributed by atoms with Gasteiger partial charge in [-0.2, -0.15) is 0 Å². The van der Waals surface area contributed by atoms with Crippen molar-refractivity contribution >= 4 is 17.3 Å². The number of anilines is 2. The highest BCUT2D eigenvalue weighted by atomic mass is 19.4. The van der Waals surface area contributed by atoms with Gasteiger partial charge in [0.05, 0.1) is 11.1 Å². The SMILES string of the molecule is Cc1cccc(N2C(=O)C(C)(c3ccc(C(C)(C)C)cc3)c3cc(OC(F)(F)F)ccc32)c1. The summed E-state index contributed by atoms with van der Waals surface area (Å²) in [6.07, 6.45) is -4.82. The number of fused-ring (bicyclic) bond motifs is 1. The maximum absolute atomic E-state index is 13.9. The predicted molar refractivity (Wildman–Crippen MR) is 123 cm³/mol. The first kappa shape index (κ1) is 22.9. The van der Waals surface area contributed by atoms with Crippen LogP contribution in [0.2, 0.25) is 0 Å². The molecule has 0 saturated heterocycles. The molecular formula is C27H26F3NO2. The Morgan fingerprint density at radius 1 is 0.909 bits per heavy atom. The average molecular weight is 454 g/mol. The number of rotatable bonds is 3. The van der Waals surface area contributed by atoms with Gasteiger partial charge in [0, 0.05) is 5.69 Å². The summed E-state index contributed by atoms with van der Waals surface area (Å²) in [4.78, 5) is 15.5. The van der Waals surface area contributed by atoms with Crippen LogP contribution in [0.5, 0.6) is 5.75 Å². The van der Waals surface area contributed by atoms with Crippen LogP contribution in [-0.4, -0.2) is 12.3 Å². The summed E-state index contributed by atoms with van der Waals surface area (Å²) in [7, 11) is 0. The Labute approximate surface area is 191 Å². The third kappa shape index (κ3) is 4.10. The van der Waals surface area contributed by atoms with E-state index in [2.05, 4.69) is 25.5 Å². The number of ether oxygens (including phenoxy) is 1. The van der Waals surface area contributed by atoms with Crippen molar-refractivity contribution < 1.29 is 22.7 Å². The minimum absolute atomic E-state index is 0.0711. The van der Waals surface area contributed by atoms with Gasteiger partial charge in [-0.15, -0.1) is 13.2 Å². The predicted octanol–water partition coefficient (Wildman–Crippen LogP) is 7.18. The van der Waals surface area contributed by atoms with E-state index in [9.17, 15) is 18.0 Å². The molecule has 1 heterocycles. The fraction of sp³-hybridized carbons (Fsp3) is 0.296. The summed E-state index contributed by atoms with van der Waals surface area (Å²) < 4.78 is 43.0. The van der Waals surface area contributed by atoms with Crippen molar-refractivity contribution in [1.29, 1.82) is 0 Å². The van der Waals surface area contributed by atoms with Crippen LogP contribution in [0, 0.1) is 6.92 Å². The molecule has 0 saturated carbocycles. The average Bonchev–Trinajstić information content (AvgIpc) is 2.94. The third-order valence-electron chi connectivity index (χ3n) is 6.20. The molecule has 3 nitrogen and oxygen atoms in total. The fourth-order valence-corrected chi connectivity index (χ4v) is 4.36. The van der Waals surface area contributed by atoms with Crippen molar-refractivity contribution in [1.82, 2.24) is 0 Å². The molecule has 4 rings (SSSR count). The number of hydrogen-bond donors (Lipinski definition) is 0. The number of alkyl halides is 3. The molecule has 1 amide bonds. The van der Waals surface area contributed by atoms with E-state index >= 15 is 0 Å². The van der Waals surface area contributed by atoms with E-state index in [0.29, 0.717) is 22.5 Å². The highest BCUT2D eigenvalue weighted by molar-refractivity contribution is 6.14. The van der Waals surface area contributed by atoms with Crippen molar-refractivity contribution in [3.8, 4) is 5.75 Å². The lowest BCUT2D eigenvalue weighted by Gasteiger charge is -2.27. The van der Waals surface area contributed by atoms with Crippen LogP contribution in [-0.2, 0) is 15.6 Å². The zero-order valence-electron chi connectivity index (χ0n) is 19.2. The van der Waals surface area contributed by atoms with Crippen LogP contribution in [0.1, 0.15) is 49.9 Å². The molecular weight excluding hydrogens is 427 g/mol. The van der Waals surface area contributed by atoms with Gasteiger partial charge < -0.3 is 4.74 Å². The molecule has 172 valence electrons. The molecule has 3 aromatic carbocycles. The van der Waals surface area contributed by atoms with Crippen molar-refractivity contribution in [2.45, 2.75) is 51.8 Å². The maximum atomic E-state index is 13.9. The van der Waals surface area contributed by atoms with E-state index in [4.69, 9.17) is 0 Å². The molecule has 0 aliphatic carbocycles. The summed E-state index contributed by atoms with van der Waals surface area (Å²) in [5, 5.41) is 0. The van der Waals surface area contributed by atoms with Crippen LogP contribution in [0.15, 0.2) is 66.7 Å². The van der Waals surface area contributed by atoms with Crippen LogP contribution in [0.25, 0.3) is 0 Å². The molecule has 1 aliphatic heterocycles. The zero-order valence-corrected chi connectivity index (χ0v) is 19.2. The van der Waals surface area contributed by atoms with Gasteiger partial charge in [-0.25, -0.2) is 0 Å². The molecule has 1 aliphatic rings. The molecule has 0 N–H and O–H groups in total. The maximum Gasteiger partial charge on any atom is 0.573 e. The topological polar surface area (TPSA) is 29.5 Å². The minimum atomic E-state index is -4.82. The highest BCUT2D eigenvalue weighted by Gasteiger charge is 2.50. The minimum Gasteiger partial charge on any atom is -0.406 e. The smallest absolute Gasteiger partial charge is 0.406 e. The Hall–Kier alpha value is -3.28. The van der Waals surface area contributed by atoms with Gasteiger partial charge in [0.1, 0.15) is 5.75 Å². The summed E-state index contributed by atoms with van der Waals surface area (Å²) >= 11 is 0. The van der Waals surface area contributed by atoms with E-state index in [1.807, 2.05) is 55.5 Å². The number of hydrogen-bond acceptors (Lipinski definition) is 2. The number of amides is 1. The Morgan fingerprint density at radius 2 is 1.58 bits per heavy atom. The standard InChI is InChI=1S/C27H26F3NO2/c1-17-7-6-8-20(15-17)31-23-14-13-21(33-27(28,29)30)16-22(23)26(5,24(31)32)19-11-9-18(10-12-19)25(2,3)4/h6-16H,1-5H3. The Bertz CT molecular complexity index is 1210. The van der Waals surface area contributed by atoms with Gasteiger partial charge in [0.25, 0.3) is 0 Å². The van der Waals surface area contributed by atoms with Crippen molar-refractivity contribution in [3.05, 3.63) is 89.0 Å². The third-order valence-corrected chi connectivity index (χ3v) is 6.20. The van der Waals surface area contributed by atoms with Gasteiger partial charge >= 0.3 is 6.36 Å². The quantitative estimate of drug-likeness (QED) is 0.421. The first-order valence-electron chi connectivity index (χ1n) is 10.7. The number of benzene rings is 3. The lowest BCUT2D eigenvalue weighted by molar-refractivity contribution is -0.274. The van der Waals surface area contributed by atoms with E-state index < -0.39 is 11.8 Å². The van der Waals surface area contributed by atoms with Gasteiger partial charge in [0.2, 0.25) is 5.91 Å². The largest absolute Gasteiger partial charge is 0.573 e. The Balaban J connectivity index is 1.90. The monoisotopic (exact) mass is 453 g/mol. The molecule has 3 aromatic rings. The lowest BCUT2D eigenvalue weighted by Crippen LogP contribution is -2.36. The molecule has 1 atom stereocenters. The van der Waals surface area contributed by atoms with Crippen molar-refractivity contribution in [2.24, 2.45) is 0 Å². The van der Waals surface area contributed by atoms with E-state index in [-0.39, 0.29) is 17.1 Å². The normalized spacial score (nSPS) is 18.4. The molecule has 0 radical (unpaired) electrons. The van der Waals surface area contributed by atoms with Gasteiger partial charge in [-0.1, -0.05) is 57.2 Å². The fourth-order valence-electron chi connectivity index (χ4n) is 4.36. The molecule has 1 unspecified atom stereocenters. The first-order chi connectivity index (χ1) is 15.3. The van der Waals surface area contributed by atoms with Crippen molar-refractivity contribution in [3.63, 3.8) is 0 Å². The van der Waals surface area contributed by atoms with Crippen LogP contribution < -0.4 is 9.64 Å². The summed E-state index contributed by atoms with van der Waals surface area (Å²) in [6.45, 7) is 9.98.